The van der Waals surface area contributed by atoms with E-state index in [9.17, 15) is 10.4 Å². The van der Waals surface area contributed by atoms with Crippen molar-refractivity contribution >= 4 is 11.6 Å². The van der Waals surface area contributed by atoms with Gasteiger partial charge in [0.2, 0.25) is 0 Å². The van der Waals surface area contributed by atoms with E-state index in [4.69, 9.17) is 25.8 Å². The Bertz CT molecular complexity index is 1680. The number of aliphatic hydroxyl groups excluding tert-OH is 1. The van der Waals surface area contributed by atoms with Crippen molar-refractivity contribution in [2.24, 2.45) is 0 Å². The summed E-state index contributed by atoms with van der Waals surface area (Å²) < 4.78 is 48.1. The second kappa shape index (κ2) is 13.4. The number of fused-ring (bicyclic) bond motifs is 1. The minimum Gasteiger partial charge on any atom is -0.494 e. The summed E-state index contributed by atoms with van der Waals surface area (Å²) in [7, 11) is 1.40. The van der Waals surface area contributed by atoms with Gasteiger partial charge in [0.1, 0.15) is 36.1 Å². The van der Waals surface area contributed by atoms with Crippen molar-refractivity contribution in [2.45, 2.75) is 45.1 Å². The monoisotopic (exact) mass is 605 g/mol. The number of rotatable bonds is 11. The van der Waals surface area contributed by atoms with Crippen LogP contribution in [0, 0.1) is 23.0 Å². The van der Waals surface area contributed by atoms with Crippen molar-refractivity contribution < 1.29 is 28.1 Å². The molecule has 1 aromatic heterocycles. The molecule has 3 aromatic carbocycles. The maximum absolute atomic E-state index is 15.3. The number of ether oxygens (including phenoxy) is 3. The molecule has 2 atom stereocenters. The van der Waals surface area contributed by atoms with Gasteiger partial charge in [0.15, 0.2) is 11.6 Å². The third-order valence-corrected chi connectivity index (χ3v) is 7.67. The number of methoxy groups -OCH3 is 1. The largest absolute Gasteiger partial charge is 0.494 e. The van der Waals surface area contributed by atoms with Gasteiger partial charge in [-0.3, -0.25) is 4.98 Å². The van der Waals surface area contributed by atoms with Gasteiger partial charge in [0.05, 0.1) is 24.3 Å². The van der Waals surface area contributed by atoms with Crippen molar-refractivity contribution in [2.75, 3.05) is 13.7 Å². The number of hydrogen-bond donors (Lipinski definition) is 2. The SMILES string of the molecule is COc1cccc(-c2ccc(F)c3c2CCC3Oc2cc(OCc3cncc(C#N)c3)c(CN[C@H](C)CO)cc2Cl)c1F. The molecule has 43 heavy (non-hydrogen) atoms. The first kappa shape index (κ1) is 30.2. The molecule has 0 fully saturated rings. The highest BCUT2D eigenvalue weighted by atomic mass is 35.5. The molecule has 2 N–H and O–H groups in total. The van der Waals surface area contributed by atoms with Crippen LogP contribution in [0.4, 0.5) is 8.78 Å². The fourth-order valence-corrected chi connectivity index (χ4v) is 5.38. The van der Waals surface area contributed by atoms with Crippen LogP contribution in [0.1, 0.15) is 47.3 Å². The third-order valence-electron chi connectivity index (χ3n) is 7.37. The maximum atomic E-state index is 15.3. The van der Waals surface area contributed by atoms with Crippen LogP contribution >= 0.6 is 11.6 Å². The van der Waals surface area contributed by atoms with Crippen LogP contribution in [0.15, 0.2) is 60.9 Å². The Labute approximate surface area is 253 Å². The van der Waals surface area contributed by atoms with Crippen molar-refractivity contribution in [3.8, 4) is 34.4 Å². The van der Waals surface area contributed by atoms with Crippen molar-refractivity contribution in [1.29, 1.82) is 5.26 Å². The first-order valence-corrected chi connectivity index (χ1v) is 14.1. The lowest BCUT2D eigenvalue weighted by atomic mass is 9.95. The van der Waals surface area contributed by atoms with Gasteiger partial charge in [-0.1, -0.05) is 29.8 Å². The summed E-state index contributed by atoms with van der Waals surface area (Å²) in [5.74, 6) is -0.0807. The molecule has 1 aliphatic rings. The van der Waals surface area contributed by atoms with Gasteiger partial charge in [0, 0.05) is 53.3 Å². The number of nitrogens with one attached hydrogen (secondary N) is 1. The number of nitriles is 1. The Morgan fingerprint density at radius 1 is 1.12 bits per heavy atom. The average Bonchev–Trinajstić information content (AvgIpc) is 3.45. The Morgan fingerprint density at radius 3 is 2.72 bits per heavy atom. The van der Waals surface area contributed by atoms with Crippen LogP contribution in [0.5, 0.6) is 17.2 Å². The molecule has 7 nitrogen and oxygen atoms in total. The topological polar surface area (TPSA) is 96.6 Å². The zero-order chi connectivity index (χ0) is 30.5. The molecule has 5 rings (SSSR count). The van der Waals surface area contributed by atoms with Crippen LogP contribution in [0.2, 0.25) is 5.02 Å². The van der Waals surface area contributed by atoms with E-state index in [1.165, 1.54) is 25.4 Å². The lowest BCUT2D eigenvalue weighted by molar-refractivity contribution is 0.201. The van der Waals surface area contributed by atoms with E-state index in [1.54, 1.807) is 42.6 Å². The predicted molar refractivity (Wildman–Crippen MR) is 158 cm³/mol. The van der Waals surface area contributed by atoms with Crippen LogP contribution in [0.3, 0.4) is 0 Å². The summed E-state index contributed by atoms with van der Waals surface area (Å²) in [6.45, 7) is 2.27. The Hall–Kier alpha value is -4.23. The first-order chi connectivity index (χ1) is 20.8. The molecule has 0 amide bonds. The van der Waals surface area contributed by atoms with E-state index in [0.717, 1.165) is 5.56 Å². The Kier molecular flexibility index (Phi) is 9.41. The molecule has 0 radical (unpaired) electrons. The van der Waals surface area contributed by atoms with E-state index < -0.39 is 17.7 Å². The second-order valence-corrected chi connectivity index (χ2v) is 10.7. The number of halogens is 3. The van der Waals surface area contributed by atoms with Crippen molar-refractivity contribution in [3.05, 3.63) is 105 Å². The molecule has 4 aromatic rings. The summed E-state index contributed by atoms with van der Waals surface area (Å²) in [6.07, 6.45) is 3.36. The highest BCUT2D eigenvalue weighted by Crippen LogP contribution is 2.45. The minimum absolute atomic E-state index is 0.0496. The van der Waals surface area contributed by atoms with Crippen LogP contribution in [-0.4, -0.2) is 29.8 Å². The quantitative estimate of drug-likeness (QED) is 0.197. The van der Waals surface area contributed by atoms with E-state index >= 15 is 8.78 Å². The number of pyridine rings is 1. The number of nitrogens with zero attached hydrogens (tertiary/aromatic N) is 2. The summed E-state index contributed by atoms with van der Waals surface area (Å²) in [5.41, 5.74) is 3.78. The summed E-state index contributed by atoms with van der Waals surface area (Å²) >= 11 is 6.67. The van der Waals surface area contributed by atoms with Gasteiger partial charge in [-0.25, -0.2) is 8.78 Å². The fraction of sp³-hybridized carbons (Fsp3) is 0.273. The molecular formula is C33H30ClF2N3O4. The average molecular weight is 606 g/mol. The highest BCUT2D eigenvalue weighted by molar-refractivity contribution is 6.32. The van der Waals surface area contributed by atoms with Gasteiger partial charge in [-0.15, -0.1) is 0 Å². The van der Waals surface area contributed by atoms with E-state index in [1.807, 2.05) is 6.92 Å². The maximum Gasteiger partial charge on any atom is 0.172 e. The molecule has 1 unspecified atom stereocenters. The van der Waals surface area contributed by atoms with Crippen LogP contribution in [-0.2, 0) is 19.6 Å². The molecule has 0 spiro atoms. The molecule has 1 aliphatic carbocycles. The zero-order valence-corrected chi connectivity index (χ0v) is 24.4. The van der Waals surface area contributed by atoms with Gasteiger partial charge in [0.25, 0.3) is 0 Å². The lowest BCUT2D eigenvalue weighted by Gasteiger charge is -2.21. The summed E-state index contributed by atoms with van der Waals surface area (Å²) in [4.78, 5) is 4.08. The van der Waals surface area contributed by atoms with E-state index in [2.05, 4.69) is 16.4 Å². The van der Waals surface area contributed by atoms with Crippen molar-refractivity contribution in [3.63, 3.8) is 0 Å². The minimum atomic E-state index is -0.663. The van der Waals surface area contributed by atoms with Crippen LogP contribution in [0.25, 0.3) is 11.1 Å². The molecular weight excluding hydrogens is 576 g/mol. The number of hydrogen-bond acceptors (Lipinski definition) is 7. The molecule has 222 valence electrons. The number of aliphatic hydroxyl groups is 1. The molecule has 0 saturated carbocycles. The lowest BCUT2D eigenvalue weighted by Crippen LogP contribution is -2.28. The molecule has 0 saturated heterocycles. The number of benzene rings is 3. The van der Waals surface area contributed by atoms with Crippen LogP contribution < -0.4 is 19.5 Å². The second-order valence-electron chi connectivity index (χ2n) is 10.3. The first-order valence-electron chi connectivity index (χ1n) is 13.8. The molecule has 0 aliphatic heterocycles. The standard InChI is InChI=1S/C33H30ClF2N3O4/c1-19(17-40)39-16-22-11-26(34)31(12-30(22)42-18-21-10-20(13-37)14-38-15-21)43-28-9-7-24-23(6-8-27(35)32(24)28)25-4-3-5-29(41-2)33(25)36/h3-6,8,10-12,14-15,19,28,39-40H,7,9,16-18H2,1-2H3/t19-,28?/m1/s1. The molecule has 10 heteroatoms. The third kappa shape index (κ3) is 6.57. The highest BCUT2D eigenvalue weighted by Gasteiger charge is 2.32. The summed E-state index contributed by atoms with van der Waals surface area (Å²) in [6, 6.07) is 14.7. The predicted octanol–water partition coefficient (Wildman–Crippen LogP) is 6.68. The van der Waals surface area contributed by atoms with Gasteiger partial charge in [-0.2, -0.15) is 5.26 Å². The summed E-state index contributed by atoms with van der Waals surface area (Å²) in [5, 5.41) is 22.2. The molecule has 1 heterocycles. The van der Waals surface area contributed by atoms with Crippen molar-refractivity contribution in [1.82, 2.24) is 10.3 Å². The smallest absolute Gasteiger partial charge is 0.172 e. The number of aromatic nitrogens is 1. The fourth-order valence-electron chi connectivity index (χ4n) is 5.15. The normalized spacial score (nSPS) is 14.6. The Balaban J connectivity index is 1.46. The molecule has 0 bridgehead atoms. The van der Waals surface area contributed by atoms with E-state index in [0.29, 0.717) is 69.3 Å². The van der Waals surface area contributed by atoms with E-state index in [-0.39, 0.29) is 25.0 Å². The van der Waals surface area contributed by atoms with Gasteiger partial charge in [-0.05, 0) is 55.2 Å². The Morgan fingerprint density at radius 2 is 1.95 bits per heavy atom. The zero-order valence-electron chi connectivity index (χ0n) is 23.7. The van der Waals surface area contributed by atoms with Gasteiger partial charge >= 0.3 is 0 Å². The van der Waals surface area contributed by atoms with Gasteiger partial charge < -0.3 is 24.6 Å².